The summed E-state index contributed by atoms with van der Waals surface area (Å²) in [6.07, 6.45) is 3.32. The van der Waals surface area contributed by atoms with Crippen LogP contribution in [0.1, 0.15) is 11.9 Å². The average molecular weight is 249 g/mol. The third kappa shape index (κ3) is 2.29. The maximum absolute atomic E-state index is 5.24. The normalized spacial score (nSPS) is 20.4. The molecule has 0 bridgehead atoms. The summed E-state index contributed by atoms with van der Waals surface area (Å²) in [5.41, 5.74) is 0. The van der Waals surface area contributed by atoms with Crippen molar-refractivity contribution in [3.63, 3.8) is 0 Å². The van der Waals surface area contributed by atoms with Crippen LogP contribution in [0.25, 0.3) is 11.6 Å². The molecule has 0 amide bonds. The van der Waals surface area contributed by atoms with Gasteiger partial charge in [-0.05, 0) is 6.07 Å². The Morgan fingerprint density at radius 3 is 2.94 bits per heavy atom. The molecule has 17 heavy (non-hydrogen) atoms. The van der Waals surface area contributed by atoms with Crippen molar-refractivity contribution in [2.45, 2.75) is 6.04 Å². The van der Waals surface area contributed by atoms with Gasteiger partial charge in [-0.1, -0.05) is 5.16 Å². The van der Waals surface area contributed by atoms with Crippen LogP contribution in [0.5, 0.6) is 0 Å². The fourth-order valence-electron chi connectivity index (χ4n) is 1.61. The van der Waals surface area contributed by atoms with Crippen molar-refractivity contribution in [2.75, 3.05) is 18.1 Å². The van der Waals surface area contributed by atoms with Gasteiger partial charge in [0.05, 0.1) is 6.04 Å². The first kappa shape index (κ1) is 10.7. The molecule has 7 heteroatoms. The predicted octanol–water partition coefficient (Wildman–Crippen LogP) is 0.904. The molecule has 0 radical (unpaired) electrons. The van der Waals surface area contributed by atoms with Gasteiger partial charge >= 0.3 is 0 Å². The van der Waals surface area contributed by atoms with Crippen molar-refractivity contribution in [1.29, 1.82) is 0 Å². The summed E-state index contributed by atoms with van der Waals surface area (Å²) in [6.45, 7) is 0.967. The standard InChI is InChI=1S/C10H11N5OS/c1-2-12-8(13-3-1)9-14-10(16-15-9)7-6-17-5-4-11-7/h1-3,7,11H,4-6H2. The van der Waals surface area contributed by atoms with Crippen LogP contribution in [0, 0.1) is 0 Å². The molecule has 1 fully saturated rings. The lowest BCUT2D eigenvalue weighted by molar-refractivity contribution is 0.342. The molecule has 1 atom stereocenters. The van der Waals surface area contributed by atoms with E-state index in [0.717, 1.165) is 18.1 Å². The van der Waals surface area contributed by atoms with Gasteiger partial charge in [0.15, 0.2) is 0 Å². The number of nitrogens with zero attached hydrogens (tertiary/aromatic N) is 4. The van der Waals surface area contributed by atoms with E-state index in [2.05, 4.69) is 25.4 Å². The van der Waals surface area contributed by atoms with Gasteiger partial charge in [-0.25, -0.2) is 9.97 Å². The van der Waals surface area contributed by atoms with Gasteiger partial charge in [0.1, 0.15) is 0 Å². The molecule has 6 nitrogen and oxygen atoms in total. The molecule has 2 aromatic heterocycles. The quantitative estimate of drug-likeness (QED) is 0.847. The Morgan fingerprint density at radius 1 is 1.29 bits per heavy atom. The van der Waals surface area contributed by atoms with Gasteiger partial charge < -0.3 is 9.84 Å². The van der Waals surface area contributed by atoms with Crippen molar-refractivity contribution in [3.05, 3.63) is 24.4 Å². The van der Waals surface area contributed by atoms with Crippen LogP contribution in [0.2, 0.25) is 0 Å². The summed E-state index contributed by atoms with van der Waals surface area (Å²) < 4.78 is 5.24. The van der Waals surface area contributed by atoms with Crippen LogP contribution >= 0.6 is 11.8 Å². The molecule has 3 heterocycles. The Morgan fingerprint density at radius 2 is 2.18 bits per heavy atom. The minimum Gasteiger partial charge on any atom is -0.337 e. The van der Waals surface area contributed by atoms with Crippen LogP contribution in [-0.2, 0) is 0 Å². The summed E-state index contributed by atoms with van der Waals surface area (Å²) in [6, 6.07) is 1.89. The Bertz CT molecular complexity index is 482. The molecule has 2 aromatic rings. The predicted molar refractivity (Wildman–Crippen MR) is 63.4 cm³/mol. The molecular weight excluding hydrogens is 238 g/mol. The van der Waals surface area contributed by atoms with Gasteiger partial charge in [0, 0.05) is 30.4 Å². The van der Waals surface area contributed by atoms with E-state index in [0.29, 0.717) is 17.5 Å². The Hall–Kier alpha value is -1.47. The molecule has 88 valence electrons. The van der Waals surface area contributed by atoms with E-state index in [1.807, 2.05) is 11.8 Å². The van der Waals surface area contributed by atoms with Crippen molar-refractivity contribution in [1.82, 2.24) is 25.4 Å². The smallest absolute Gasteiger partial charge is 0.245 e. The highest BCUT2D eigenvalue weighted by Crippen LogP contribution is 2.21. The first-order chi connectivity index (χ1) is 8.43. The number of nitrogens with one attached hydrogen (secondary N) is 1. The van der Waals surface area contributed by atoms with Gasteiger partial charge in [0.25, 0.3) is 0 Å². The third-order valence-corrected chi connectivity index (χ3v) is 3.49. The number of thioether (sulfide) groups is 1. The summed E-state index contributed by atoms with van der Waals surface area (Å²) in [5, 5.41) is 7.24. The van der Waals surface area contributed by atoms with E-state index in [9.17, 15) is 0 Å². The Labute approximate surface area is 102 Å². The minimum absolute atomic E-state index is 0.138. The highest BCUT2D eigenvalue weighted by Gasteiger charge is 2.22. The number of hydrogen-bond acceptors (Lipinski definition) is 7. The molecule has 0 aromatic carbocycles. The fraction of sp³-hybridized carbons (Fsp3) is 0.400. The monoisotopic (exact) mass is 249 g/mol. The van der Waals surface area contributed by atoms with Gasteiger partial charge in [-0.2, -0.15) is 16.7 Å². The summed E-state index contributed by atoms with van der Waals surface area (Å²) >= 11 is 1.88. The SMILES string of the molecule is c1cnc(-c2noc(C3CSCCN3)n2)nc1. The van der Waals surface area contributed by atoms with Crippen molar-refractivity contribution >= 4 is 11.8 Å². The lowest BCUT2D eigenvalue weighted by atomic mass is 10.3. The van der Waals surface area contributed by atoms with Crippen molar-refractivity contribution < 1.29 is 4.52 Å². The minimum atomic E-state index is 0.138. The molecular formula is C10H11N5OS. The molecule has 3 rings (SSSR count). The fourth-order valence-corrected chi connectivity index (χ4v) is 2.53. The molecule has 0 spiro atoms. The van der Waals surface area contributed by atoms with Crippen LogP contribution in [-0.4, -0.2) is 38.2 Å². The first-order valence-corrected chi connectivity index (χ1v) is 6.51. The van der Waals surface area contributed by atoms with Crippen LogP contribution in [0.15, 0.2) is 23.0 Å². The molecule has 1 N–H and O–H groups in total. The topological polar surface area (TPSA) is 76.7 Å². The van der Waals surface area contributed by atoms with Crippen LogP contribution in [0.3, 0.4) is 0 Å². The first-order valence-electron chi connectivity index (χ1n) is 5.35. The average Bonchev–Trinajstić information content (AvgIpc) is 2.90. The largest absolute Gasteiger partial charge is 0.337 e. The maximum atomic E-state index is 5.24. The molecule has 0 saturated carbocycles. The van der Waals surface area contributed by atoms with E-state index in [1.165, 1.54) is 0 Å². The van der Waals surface area contributed by atoms with Crippen LogP contribution in [0.4, 0.5) is 0 Å². The lowest BCUT2D eigenvalue weighted by Crippen LogP contribution is -2.30. The Kier molecular flexibility index (Phi) is 3.02. The van der Waals surface area contributed by atoms with Crippen LogP contribution < -0.4 is 5.32 Å². The zero-order valence-corrected chi connectivity index (χ0v) is 9.85. The zero-order chi connectivity index (χ0) is 11.5. The van der Waals surface area contributed by atoms with E-state index >= 15 is 0 Å². The second kappa shape index (κ2) is 4.80. The summed E-state index contributed by atoms with van der Waals surface area (Å²) in [5.74, 6) is 3.62. The number of aromatic nitrogens is 4. The molecule has 0 aliphatic carbocycles. The van der Waals surface area contributed by atoms with Gasteiger partial charge in [-0.3, -0.25) is 0 Å². The molecule has 1 aliphatic rings. The Balaban J connectivity index is 1.83. The van der Waals surface area contributed by atoms with E-state index < -0.39 is 0 Å². The number of hydrogen-bond donors (Lipinski definition) is 1. The molecule has 1 saturated heterocycles. The number of rotatable bonds is 2. The lowest BCUT2D eigenvalue weighted by Gasteiger charge is -2.19. The second-order valence-electron chi connectivity index (χ2n) is 3.61. The van der Waals surface area contributed by atoms with E-state index in [1.54, 1.807) is 18.5 Å². The van der Waals surface area contributed by atoms with Crippen molar-refractivity contribution in [2.24, 2.45) is 0 Å². The highest BCUT2D eigenvalue weighted by molar-refractivity contribution is 7.99. The maximum Gasteiger partial charge on any atom is 0.245 e. The summed E-state index contributed by atoms with van der Waals surface area (Å²) in [7, 11) is 0. The molecule has 1 aliphatic heterocycles. The molecule has 1 unspecified atom stereocenters. The third-order valence-electron chi connectivity index (χ3n) is 2.43. The zero-order valence-electron chi connectivity index (χ0n) is 9.04. The van der Waals surface area contributed by atoms with E-state index in [4.69, 9.17) is 4.52 Å². The summed E-state index contributed by atoms with van der Waals surface area (Å²) in [4.78, 5) is 12.5. The van der Waals surface area contributed by atoms with Gasteiger partial charge in [0.2, 0.25) is 17.5 Å². The van der Waals surface area contributed by atoms with E-state index in [-0.39, 0.29) is 6.04 Å². The highest BCUT2D eigenvalue weighted by atomic mass is 32.2. The second-order valence-corrected chi connectivity index (χ2v) is 4.76. The van der Waals surface area contributed by atoms with Crippen molar-refractivity contribution in [3.8, 4) is 11.6 Å². The van der Waals surface area contributed by atoms with Gasteiger partial charge in [-0.15, -0.1) is 0 Å².